The van der Waals surface area contributed by atoms with Crippen molar-refractivity contribution in [3.05, 3.63) is 59.0 Å². The summed E-state index contributed by atoms with van der Waals surface area (Å²) in [6.45, 7) is 0. The number of methoxy groups -OCH3 is 1. The number of aromatic nitrogens is 2. The van der Waals surface area contributed by atoms with Crippen LogP contribution in [-0.2, 0) is 9.53 Å². The van der Waals surface area contributed by atoms with Crippen LogP contribution in [-0.4, -0.2) is 29.2 Å². The maximum Gasteiger partial charge on any atom is 0.320 e. The summed E-state index contributed by atoms with van der Waals surface area (Å²) >= 11 is 0. The number of nitrogens with two attached hydrogens (primary N) is 1. The van der Waals surface area contributed by atoms with Gasteiger partial charge in [0.25, 0.3) is 0 Å². The molecule has 0 bridgehead atoms. The van der Waals surface area contributed by atoms with Gasteiger partial charge < -0.3 is 25.5 Å². The van der Waals surface area contributed by atoms with Gasteiger partial charge in [0.15, 0.2) is 11.6 Å². The summed E-state index contributed by atoms with van der Waals surface area (Å²) in [5.74, 6) is -4.01. The standard InChI is InChI=1S/C24H26F3N5O4/c1-35-21(33)8-12-2-4-13(5-3-12)14-6-7-19(18(28)9-14)29-22(34)23-31-32-24(36-23)30-20-11-16(26)15(25)10-17(20)27/h6-7,10-14H,2-5,8-9,28H2,1H3,(H,29,34)(H,30,32). The van der Waals surface area contributed by atoms with E-state index in [1.165, 1.54) is 7.11 Å². The third-order valence-corrected chi connectivity index (χ3v) is 6.61. The highest BCUT2D eigenvalue weighted by Crippen LogP contribution is 2.39. The molecule has 1 saturated carbocycles. The second-order valence-electron chi connectivity index (χ2n) is 8.96. The van der Waals surface area contributed by atoms with Crippen LogP contribution in [0, 0.1) is 35.2 Å². The molecule has 1 unspecified atom stereocenters. The van der Waals surface area contributed by atoms with Crippen LogP contribution in [0.15, 0.2) is 40.1 Å². The Morgan fingerprint density at radius 3 is 2.53 bits per heavy atom. The molecule has 2 aromatic rings. The molecular formula is C24H26F3N5O4. The zero-order valence-corrected chi connectivity index (χ0v) is 19.5. The van der Waals surface area contributed by atoms with Gasteiger partial charge in [0, 0.05) is 24.3 Å². The number of allylic oxidation sites excluding steroid dienone is 3. The van der Waals surface area contributed by atoms with Crippen molar-refractivity contribution in [2.75, 3.05) is 12.4 Å². The van der Waals surface area contributed by atoms with E-state index in [4.69, 9.17) is 14.9 Å². The number of nitrogens with one attached hydrogen (secondary N) is 2. The molecule has 2 aliphatic rings. The maximum atomic E-state index is 13.8. The van der Waals surface area contributed by atoms with Crippen LogP contribution in [0.4, 0.5) is 24.9 Å². The molecule has 2 aliphatic carbocycles. The molecule has 1 aromatic heterocycles. The third-order valence-electron chi connectivity index (χ3n) is 6.61. The molecule has 1 atom stereocenters. The van der Waals surface area contributed by atoms with Gasteiger partial charge in [-0.25, -0.2) is 13.2 Å². The van der Waals surface area contributed by atoms with E-state index in [0.717, 1.165) is 25.7 Å². The molecule has 1 heterocycles. The van der Waals surface area contributed by atoms with Crippen molar-refractivity contribution in [2.45, 2.75) is 38.5 Å². The van der Waals surface area contributed by atoms with E-state index in [1.54, 1.807) is 6.08 Å². The SMILES string of the molecule is COC(=O)CC1CCC(C2C=CC(NC(=O)c3nnc(Nc4cc(F)c(F)cc4F)o3)=C(N)C2)CC1. The quantitative estimate of drug-likeness (QED) is 0.379. The Hall–Kier alpha value is -3.83. The van der Waals surface area contributed by atoms with Crippen molar-refractivity contribution in [3.63, 3.8) is 0 Å². The fourth-order valence-corrected chi connectivity index (χ4v) is 4.62. The first-order valence-corrected chi connectivity index (χ1v) is 11.5. The molecule has 1 fully saturated rings. The molecule has 192 valence electrons. The van der Waals surface area contributed by atoms with Gasteiger partial charge in [0.05, 0.1) is 18.5 Å². The molecule has 0 radical (unpaired) electrons. The van der Waals surface area contributed by atoms with E-state index >= 15 is 0 Å². The van der Waals surface area contributed by atoms with E-state index in [-0.39, 0.29) is 17.9 Å². The van der Waals surface area contributed by atoms with Gasteiger partial charge in [0.2, 0.25) is 0 Å². The lowest BCUT2D eigenvalue weighted by atomic mass is 9.72. The number of amides is 1. The normalized spacial score (nSPS) is 21.8. The van der Waals surface area contributed by atoms with Gasteiger partial charge in [-0.05, 0) is 55.9 Å². The summed E-state index contributed by atoms with van der Waals surface area (Å²) in [4.78, 5) is 24.0. The molecule has 0 saturated heterocycles. The van der Waals surface area contributed by atoms with Crippen molar-refractivity contribution in [2.24, 2.45) is 23.5 Å². The fourth-order valence-electron chi connectivity index (χ4n) is 4.62. The van der Waals surface area contributed by atoms with Gasteiger partial charge >= 0.3 is 23.8 Å². The van der Waals surface area contributed by atoms with Crippen LogP contribution in [0.5, 0.6) is 0 Å². The zero-order chi connectivity index (χ0) is 25.8. The van der Waals surface area contributed by atoms with Gasteiger partial charge in [0.1, 0.15) is 5.82 Å². The highest BCUT2D eigenvalue weighted by molar-refractivity contribution is 5.91. The Kier molecular flexibility index (Phi) is 7.61. The van der Waals surface area contributed by atoms with E-state index in [9.17, 15) is 22.8 Å². The molecule has 1 amide bonds. The van der Waals surface area contributed by atoms with Crippen LogP contribution in [0.25, 0.3) is 0 Å². The third kappa shape index (κ3) is 5.86. The first-order valence-electron chi connectivity index (χ1n) is 11.5. The number of esters is 1. The van der Waals surface area contributed by atoms with Crippen LogP contribution in [0.2, 0.25) is 0 Å². The molecule has 4 N–H and O–H groups in total. The minimum absolute atomic E-state index is 0.177. The molecule has 4 rings (SSSR count). The molecule has 9 nitrogen and oxygen atoms in total. The van der Waals surface area contributed by atoms with Crippen molar-refractivity contribution < 1.29 is 31.9 Å². The summed E-state index contributed by atoms with van der Waals surface area (Å²) in [7, 11) is 1.40. The summed E-state index contributed by atoms with van der Waals surface area (Å²) in [6, 6.07) is 0.580. The van der Waals surface area contributed by atoms with E-state index in [2.05, 4.69) is 20.8 Å². The number of hydrogen-bond acceptors (Lipinski definition) is 8. The minimum Gasteiger partial charge on any atom is -0.469 e. The van der Waals surface area contributed by atoms with E-state index in [1.807, 2.05) is 6.08 Å². The van der Waals surface area contributed by atoms with Gasteiger partial charge in [-0.15, -0.1) is 5.10 Å². The lowest BCUT2D eigenvalue weighted by molar-refractivity contribution is -0.142. The van der Waals surface area contributed by atoms with Crippen LogP contribution in [0.1, 0.15) is 49.2 Å². The number of halogens is 3. The van der Waals surface area contributed by atoms with Crippen molar-refractivity contribution in [3.8, 4) is 0 Å². The minimum atomic E-state index is -1.34. The largest absolute Gasteiger partial charge is 0.469 e. The highest BCUT2D eigenvalue weighted by Gasteiger charge is 2.30. The zero-order valence-electron chi connectivity index (χ0n) is 19.5. The van der Waals surface area contributed by atoms with Gasteiger partial charge in [-0.2, -0.15) is 0 Å². The van der Waals surface area contributed by atoms with E-state index < -0.39 is 34.9 Å². The lowest BCUT2D eigenvalue weighted by Gasteiger charge is -2.34. The summed E-state index contributed by atoms with van der Waals surface area (Å²) in [5, 5.41) is 12.1. The van der Waals surface area contributed by atoms with Crippen LogP contribution >= 0.6 is 0 Å². The highest BCUT2D eigenvalue weighted by atomic mass is 19.2. The smallest absolute Gasteiger partial charge is 0.320 e. The van der Waals surface area contributed by atoms with E-state index in [0.29, 0.717) is 48.2 Å². The fraction of sp³-hybridized carbons (Fsp3) is 0.417. The number of hydrogen-bond donors (Lipinski definition) is 3. The van der Waals surface area contributed by atoms with Gasteiger partial charge in [-0.1, -0.05) is 11.2 Å². The average molecular weight is 505 g/mol. The van der Waals surface area contributed by atoms with Crippen molar-refractivity contribution >= 4 is 23.6 Å². The number of ether oxygens (including phenoxy) is 1. The van der Waals surface area contributed by atoms with Crippen LogP contribution in [0.3, 0.4) is 0 Å². The molecule has 12 heteroatoms. The van der Waals surface area contributed by atoms with Crippen molar-refractivity contribution in [1.82, 2.24) is 15.5 Å². The Morgan fingerprint density at radius 1 is 1.11 bits per heavy atom. The molecular weight excluding hydrogens is 479 g/mol. The Balaban J connectivity index is 1.31. The summed E-state index contributed by atoms with van der Waals surface area (Å²) < 4.78 is 50.2. The first kappa shape index (κ1) is 25.3. The monoisotopic (exact) mass is 505 g/mol. The number of rotatable bonds is 7. The predicted octanol–water partition coefficient (Wildman–Crippen LogP) is 4.08. The summed E-state index contributed by atoms with van der Waals surface area (Å²) in [5.41, 5.74) is 6.72. The second-order valence-corrected chi connectivity index (χ2v) is 8.96. The molecule has 0 spiro atoms. The van der Waals surface area contributed by atoms with Crippen molar-refractivity contribution in [1.29, 1.82) is 0 Å². The average Bonchev–Trinajstić information content (AvgIpc) is 3.33. The second kappa shape index (κ2) is 10.8. The number of benzene rings is 1. The number of nitrogens with zero attached hydrogens (tertiary/aromatic N) is 2. The molecule has 36 heavy (non-hydrogen) atoms. The van der Waals surface area contributed by atoms with Crippen LogP contribution < -0.4 is 16.4 Å². The lowest BCUT2D eigenvalue weighted by Crippen LogP contribution is -2.30. The summed E-state index contributed by atoms with van der Waals surface area (Å²) in [6.07, 6.45) is 8.68. The first-order chi connectivity index (χ1) is 17.2. The number of carbonyl (C=O) groups excluding carboxylic acids is 2. The molecule has 0 aliphatic heterocycles. The predicted molar refractivity (Wildman–Crippen MR) is 122 cm³/mol. The Labute approximate surface area is 205 Å². The maximum absolute atomic E-state index is 13.8. The number of carbonyl (C=O) groups is 2. The topological polar surface area (TPSA) is 132 Å². The molecule has 1 aromatic carbocycles. The van der Waals surface area contributed by atoms with Gasteiger partial charge in [-0.3, -0.25) is 9.59 Å². The Morgan fingerprint density at radius 2 is 1.83 bits per heavy atom. The number of anilines is 2. The Bertz CT molecular complexity index is 1200.